The van der Waals surface area contributed by atoms with E-state index < -0.39 is 5.60 Å². The molecule has 15 heavy (non-hydrogen) atoms. The zero-order valence-electron chi connectivity index (χ0n) is 9.60. The molecule has 3 heteroatoms. The van der Waals surface area contributed by atoms with Gasteiger partial charge >= 0.3 is 0 Å². The predicted octanol–water partition coefficient (Wildman–Crippen LogP) is 3.14. The molecule has 0 aliphatic carbocycles. The molecule has 1 rings (SSSR count). The van der Waals surface area contributed by atoms with Gasteiger partial charge in [-0.05, 0) is 43.5 Å². The van der Waals surface area contributed by atoms with Crippen molar-refractivity contribution in [2.45, 2.75) is 32.8 Å². The van der Waals surface area contributed by atoms with Crippen LogP contribution in [-0.4, -0.2) is 12.2 Å². The summed E-state index contributed by atoms with van der Waals surface area (Å²) in [6, 6.07) is 3.68. The minimum Gasteiger partial charge on any atom is -0.495 e. The first-order valence-electron chi connectivity index (χ1n) is 4.99. The number of aryl methyl sites for hydroxylation is 1. The van der Waals surface area contributed by atoms with Crippen LogP contribution in [0.4, 0.5) is 0 Å². The number of hydrogen-bond donors (Lipinski definition) is 1. The SMILES string of the molecule is CCc1cc(C(C)(C)O)cc(Cl)c1OC. The maximum atomic E-state index is 9.90. The highest BCUT2D eigenvalue weighted by atomic mass is 35.5. The van der Waals surface area contributed by atoms with Crippen LogP contribution in [0.2, 0.25) is 5.02 Å². The second-order valence-electron chi connectivity index (χ2n) is 4.06. The maximum absolute atomic E-state index is 9.90. The lowest BCUT2D eigenvalue weighted by atomic mass is 9.95. The average molecular weight is 229 g/mol. The lowest BCUT2D eigenvalue weighted by Crippen LogP contribution is -2.16. The van der Waals surface area contributed by atoms with Crippen molar-refractivity contribution in [2.24, 2.45) is 0 Å². The van der Waals surface area contributed by atoms with Crippen LogP contribution in [0.5, 0.6) is 5.75 Å². The summed E-state index contributed by atoms with van der Waals surface area (Å²) < 4.78 is 5.22. The predicted molar refractivity (Wildman–Crippen MR) is 62.6 cm³/mol. The van der Waals surface area contributed by atoms with Gasteiger partial charge in [0.05, 0.1) is 17.7 Å². The summed E-state index contributed by atoms with van der Waals surface area (Å²) in [6.07, 6.45) is 0.826. The van der Waals surface area contributed by atoms with Crippen LogP contribution in [0.15, 0.2) is 12.1 Å². The Hall–Kier alpha value is -0.730. The Bertz CT molecular complexity index is 353. The van der Waals surface area contributed by atoms with Crippen molar-refractivity contribution < 1.29 is 9.84 Å². The van der Waals surface area contributed by atoms with E-state index >= 15 is 0 Å². The molecule has 0 unspecified atom stereocenters. The van der Waals surface area contributed by atoms with E-state index in [2.05, 4.69) is 0 Å². The third kappa shape index (κ3) is 2.64. The molecule has 2 nitrogen and oxygen atoms in total. The molecule has 0 aliphatic rings. The van der Waals surface area contributed by atoms with Crippen molar-refractivity contribution in [3.63, 3.8) is 0 Å². The van der Waals surface area contributed by atoms with Gasteiger partial charge in [-0.3, -0.25) is 0 Å². The van der Waals surface area contributed by atoms with E-state index in [1.807, 2.05) is 13.0 Å². The molecule has 0 saturated heterocycles. The summed E-state index contributed by atoms with van der Waals surface area (Å²) in [5, 5.41) is 10.4. The Morgan fingerprint density at radius 1 is 1.40 bits per heavy atom. The van der Waals surface area contributed by atoms with Crippen molar-refractivity contribution >= 4 is 11.6 Å². The Balaban J connectivity index is 3.32. The fourth-order valence-electron chi connectivity index (χ4n) is 1.49. The molecule has 0 heterocycles. The second kappa shape index (κ2) is 4.42. The van der Waals surface area contributed by atoms with Crippen LogP contribution >= 0.6 is 11.6 Å². The molecule has 0 spiro atoms. The minimum atomic E-state index is -0.875. The zero-order chi connectivity index (χ0) is 11.6. The molecule has 0 aliphatic heterocycles. The normalized spacial score (nSPS) is 11.6. The first-order chi connectivity index (χ1) is 6.90. The highest BCUT2D eigenvalue weighted by Gasteiger charge is 2.19. The molecule has 84 valence electrons. The van der Waals surface area contributed by atoms with Gasteiger partial charge in [0.15, 0.2) is 0 Å². The molecule has 1 aromatic rings. The zero-order valence-corrected chi connectivity index (χ0v) is 10.4. The number of benzene rings is 1. The molecule has 1 aromatic carbocycles. The van der Waals surface area contributed by atoms with Gasteiger partial charge in [0.2, 0.25) is 0 Å². The maximum Gasteiger partial charge on any atom is 0.140 e. The number of rotatable bonds is 3. The van der Waals surface area contributed by atoms with E-state index in [-0.39, 0.29) is 0 Å². The molecule has 1 N–H and O–H groups in total. The first-order valence-corrected chi connectivity index (χ1v) is 5.37. The summed E-state index contributed by atoms with van der Waals surface area (Å²) in [7, 11) is 1.60. The Labute approximate surface area is 95.8 Å². The van der Waals surface area contributed by atoms with Gasteiger partial charge in [0, 0.05) is 0 Å². The number of hydrogen-bond acceptors (Lipinski definition) is 2. The van der Waals surface area contributed by atoms with Crippen molar-refractivity contribution in [1.82, 2.24) is 0 Å². The van der Waals surface area contributed by atoms with Gasteiger partial charge in [-0.1, -0.05) is 18.5 Å². The Kier molecular flexibility index (Phi) is 3.63. The van der Waals surface area contributed by atoms with Gasteiger partial charge in [-0.15, -0.1) is 0 Å². The molecule has 0 fully saturated rings. The van der Waals surface area contributed by atoms with Crippen molar-refractivity contribution in [3.05, 3.63) is 28.3 Å². The van der Waals surface area contributed by atoms with E-state index in [4.69, 9.17) is 16.3 Å². The summed E-state index contributed by atoms with van der Waals surface area (Å²) >= 11 is 6.08. The summed E-state index contributed by atoms with van der Waals surface area (Å²) in [4.78, 5) is 0. The van der Waals surface area contributed by atoms with E-state index in [1.165, 1.54) is 0 Å². The van der Waals surface area contributed by atoms with Gasteiger partial charge in [0.25, 0.3) is 0 Å². The monoisotopic (exact) mass is 228 g/mol. The van der Waals surface area contributed by atoms with Crippen LogP contribution in [0, 0.1) is 0 Å². The summed E-state index contributed by atoms with van der Waals surface area (Å²) in [5.41, 5.74) is 0.951. The van der Waals surface area contributed by atoms with Gasteiger partial charge in [-0.2, -0.15) is 0 Å². The quantitative estimate of drug-likeness (QED) is 0.861. The van der Waals surface area contributed by atoms with Crippen LogP contribution in [-0.2, 0) is 12.0 Å². The highest BCUT2D eigenvalue weighted by molar-refractivity contribution is 6.32. The minimum absolute atomic E-state index is 0.550. The molecule has 0 aromatic heterocycles. The largest absolute Gasteiger partial charge is 0.495 e. The van der Waals surface area contributed by atoms with Crippen molar-refractivity contribution in [1.29, 1.82) is 0 Å². The average Bonchev–Trinajstić information content (AvgIpc) is 2.15. The van der Waals surface area contributed by atoms with Crippen molar-refractivity contribution in [3.8, 4) is 5.75 Å². The van der Waals surface area contributed by atoms with Crippen LogP contribution in [0.1, 0.15) is 31.9 Å². The number of ether oxygens (including phenoxy) is 1. The second-order valence-corrected chi connectivity index (χ2v) is 4.47. The van der Waals surface area contributed by atoms with Crippen LogP contribution < -0.4 is 4.74 Å². The third-order valence-electron chi connectivity index (χ3n) is 2.41. The van der Waals surface area contributed by atoms with Crippen molar-refractivity contribution in [2.75, 3.05) is 7.11 Å². The van der Waals surface area contributed by atoms with Gasteiger partial charge in [-0.25, -0.2) is 0 Å². The molecular formula is C12H17ClO2. The summed E-state index contributed by atoms with van der Waals surface area (Å²) in [5.74, 6) is 0.701. The Morgan fingerprint density at radius 3 is 2.40 bits per heavy atom. The first kappa shape index (κ1) is 12.3. The van der Waals surface area contributed by atoms with E-state index in [0.717, 1.165) is 17.5 Å². The Morgan fingerprint density at radius 2 is 2.00 bits per heavy atom. The summed E-state index contributed by atoms with van der Waals surface area (Å²) in [6.45, 7) is 5.51. The number of halogens is 1. The third-order valence-corrected chi connectivity index (χ3v) is 2.69. The lowest BCUT2D eigenvalue weighted by Gasteiger charge is -2.20. The molecule has 0 radical (unpaired) electrons. The van der Waals surface area contributed by atoms with Crippen LogP contribution in [0.25, 0.3) is 0 Å². The number of aliphatic hydroxyl groups is 1. The molecule has 0 saturated carbocycles. The molecule has 0 bridgehead atoms. The van der Waals surface area contributed by atoms with Gasteiger partial charge < -0.3 is 9.84 Å². The van der Waals surface area contributed by atoms with Gasteiger partial charge in [0.1, 0.15) is 5.75 Å². The standard InChI is InChI=1S/C12H17ClO2/c1-5-8-6-9(12(2,3)14)7-10(13)11(8)15-4/h6-7,14H,5H2,1-4H3. The number of methoxy groups -OCH3 is 1. The smallest absolute Gasteiger partial charge is 0.140 e. The molecular weight excluding hydrogens is 212 g/mol. The van der Waals surface area contributed by atoms with E-state index in [1.54, 1.807) is 27.0 Å². The fourth-order valence-corrected chi connectivity index (χ4v) is 1.81. The fraction of sp³-hybridized carbons (Fsp3) is 0.500. The molecule has 0 atom stereocenters. The lowest BCUT2D eigenvalue weighted by molar-refractivity contribution is 0.0785. The topological polar surface area (TPSA) is 29.5 Å². The van der Waals surface area contributed by atoms with E-state index in [0.29, 0.717) is 10.8 Å². The van der Waals surface area contributed by atoms with Crippen LogP contribution in [0.3, 0.4) is 0 Å². The molecule has 0 amide bonds. The van der Waals surface area contributed by atoms with E-state index in [9.17, 15) is 5.11 Å². The highest BCUT2D eigenvalue weighted by Crippen LogP contribution is 2.34.